The highest BCUT2D eigenvalue weighted by molar-refractivity contribution is 6.00. The van der Waals surface area contributed by atoms with E-state index in [0.717, 1.165) is 10.9 Å². The van der Waals surface area contributed by atoms with Crippen LogP contribution in [0.25, 0.3) is 10.9 Å². The van der Waals surface area contributed by atoms with Gasteiger partial charge in [0.1, 0.15) is 6.04 Å². The van der Waals surface area contributed by atoms with Crippen LogP contribution in [0.3, 0.4) is 0 Å². The first kappa shape index (κ1) is 15.1. The Balaban J connectivity index is 1.98. The third-order valence-corrected chi connectivity index (χ3v) is 3.24. The Labute approximate surface area is 124 Å². The van der Waals surface area contributed by atoms with Gasteiger partial charge in [0.25, 0.3) is 5.91 Å². The van der Waals surface area contributed by atoms with Crippen molar-refractivity contribution >= 4 is 22.7 Å². The van der Waals surface area contributed by atoms with Gasteiger partial charge in [-0.05, 0) is 37.1 Å². The van der Waals surface area contributed by atoms with Crippen molar-refractivity contribution in [3.63, 3.8) is 0 Å². The van der Waals surface area contributed by atoms with E-state index in [2.05, 4.69) is 15.6 Å². The van der Waals surface area contributed by atoms with E-state index in [1.807, 2.05) is 32.2 Å². The van der Waals surface area contributed by atoms with Gasteiger partial charge in [-0.2, -0.15) is 0 Å². The van der Waals surface area contributed by atoms with Gasteiger partial charge in [0, 0.05) is 29.2 Å². The van der Waals surface area contributed by atoms with Gasteiger partial charge in [-0.1, -0.05) is 13.8 Å². The van der Waals surface area contributed by atoms with Gasteiger partial charge in [0.2, 0.25) is 5.91 Å². The van der Waals surface area contributed by atoms with Crippen LogP contribution < -0.4 is 10.6 Å². The van der Waals surface area contributed by atoms with Crippen LogP contribution in [0.4, 0.5) is 0 Å². The number of carbonyl (C=O) groups is 2. The van der Waals surface area contributed by atoms with E-state index in [4.69, 9.17) is 0 Å². The van der Waals surface area contributed by atoms with Crippen molar-refractivity contribution < 1.29 is 9.59 Å². The zero-order valence-electron chi connectivity index (χ0n) is 12.6. The molecule has 5 nitrogen and oxygen atoms in total. The number of amides is 2. The van der Waals surface area contributed by atoms with Gasteiger partial charge in [-0.3, -0.25) is 9.59 Å². The Morgan fingerprint density at radius 3 is 2.67 bits per heavy atom. The predicted molar refractivity (Wildman–Crippen MR) is 83.1 cm³/mol. The number of aromatic nitrogens is 1. The van der Waals surface area contributed by atoms with E-state index < -0.39 is 6.04 Å². The largest absolute Gasteiger partial charge is 0.361 e. The standard InChI is InChI=1S/C16H21N3O2/c1-10(2)9-18-15(20)11(3)19-16(21)13-4-5-14-12(8-13)6-7-17-14/h4-8,10-11,17H,9H2,1-3H3,(H,18,20)(H,19,21). The summed E-state index contributed by atoms with van der Waals surface area (Å²) < 4.78 is 0. The molecule has 2 amide bonds. The zero-order chi connectivity index (χ0) is 15.4. The number of fused-ring (bicyclic) bond motifs is 1. The Kier molecular flexibility index (Phi) is 4.62. The minimum absolute atomic E-state index is 0.167. The molecule has 112 valence electrons. The second kappa shape index (κ2) is 6.43. The van der Waals surface area contributed by atoms with Crippen LogP contribution in [-0.4, -0.2) is 29.4 Å². The van der Waals surface area contributed by atoms with Crippen molar-refractivity contribution in [1.29, 1.82) is 0 Å². The summed E-state index contributed by atoms with van der Waals surface area (Å²) in [5.74, 6) is -0.0297. The number of carbonyl (C=O) groups excluding carboxylic acids is 2. The van der Waals surface area contributed by atoms with Crippen LogP contribution in [0.5, 0.6) is 0 Å². The van der Waals surface area contributed by atoms with E-state index >= 15 is 0 Å². The van der Waals surface area contributed by atoms with Crippen molar-refractivity contribution in [2.24, 2.45) is 5.92 Å². The fourth-order valence-electron chi connectivity index (χ4n) is 2.00. The number of H-pyrrole nitrogens is 1. The van der Waals surface area contributed by atoms with Gasteiger partial charge in [0.15, 0.2) is 0 Å². The lowest BCUT2D eigenvalue weighted by Crippen LogP contribution is -2.45. The monoisotopic (exact) mass is 287 g/mol. The molecule has 0 aliphatic heterocycles. The summed E-state index contributed by atoms with van der Waals surface area (Å²) in [4.78, 5) is 27.1. The van der Waals surface area contributed by atoms with Crippen LogP contribution in [0.1, 0.15) is 31.1 Å². The molecule has 2 rings (SSSR count). The molecule has 0 aliphatic carbocycles. The number of hydrogen-bond donors (Lipinski definition) is 3. The summed E-state index contributed by atoms with van der Waals surface area (Å²) in [5.41, 5.74) is 1.53. The number of rotatable bonds is 5. The third kappa shape index (κ3) is 3.84. The molecule has 3 N–H and O–H groups in total. The lowest BCUT2D eigenvalue weighted by molar-refractivity contribution is -0.122. The molecule has 1 aromatic heterocycles. The van der Waals surface area contributed by atoms with Crippen LogP contribution in [0.2, 0.25) is 0 Å². The van der Waals surface area contributed by atoms with E-state index in [0.29, 0.717) is 18.0 Å². The van der Waals surface area contributed by atoms with Crippen molar-refractivity contribution in [1.82, 2.24) is 15.6 Å². The molecular formula is C16H21N3O2. The first-order chi connectivity index (χ1) is 9.97. The summed E-state index contributed by atoms with van der Waals surface area (Å²) >= 11 is 0. The molecule has 0 fully saturated rings. The number of aromatic amines is 1. The van der Waals surface area contributed by atoms with Crippen molar-refractivity contribution in [3.8, 4) is 0 Å². The smallest absolute Gasteiger partial charge is 0.251 e. The molecule has 0 spiro atoms. The average Bonchev–Trinajstić information content (AvgIpc) is 2.91. The lowest BCUT2D eigenvalue weighted by Gasteiger charge is -2.15. The van der Waals surface area contributed by atoms with E-state index in [1.54, 1.807) is 19.1 Å². The highest BCUT2D eigenvalue weighted by Crippen LogP contribution is 2.14. The Morgan fingerprint density at radius 1 is 1.19 bits per heavy atom. The van der Waals surface area contributed by atoms with Gasteiger partial charge in [-0.25, -0.2) is 0 Å². The molecular weight excluding hydrogens is 266 g/mol. The Morgan fingerprint density at radius 2 is 1.95 bits per heavy atom. The maximum atomic E-state index is 12.2. The molecule has 1 heterocycles. The van der Waals surface area contributed by atoms with Gasteiger partial charge in [0.05, 0.1) is 0 Å². The first-order valence-electron chi connectivity index (χ1n) is 7.13. The Hall–Kier alpha value is -2.30. The molecule has 0 bridgehead atoms. The van der Waals surface area contributed by atoms with E-state index in [1.165, 1.54) is 0 Å². The highest BCUT2D eigenvalue weighted by Gasteiger charge is 2.16. The first-order valence-corrected chi connectivity index (χ1v) is 7.13. The molecule has 2 aromatic rings. The molecule has 0 aliphatic rings. The molecule has 21 heavy (non-hydrogen) atoms. The molecule has 0 radical (unpaired) electrons. The molecule has 0 saturated heterocycles. The maximum absolute atomic E-state index is 12.2. The summed E-state index contributed by atoms with van der Waals surface area (Å²) in [6.07, 6.45) is 1.83. The predicted octanol–water partition coefficient (Wildman–Crippen LogP) is 2.06. The number of hydrogen-bond acceptors (Lipinski definition) is 2. The van der Waals surface area contributed by atoms with Crippen molar-refractivity contribution in [2.75, 3.05) is 6.54 Å². The summed E-state index contributed by atoms with van der Waals surface area (Å²) in [5, 5.41) is 6.49. The summed E-state index contributed by atoms with van der Waals surface area (Å²) in [6, 6.07) is 6.75. The maximum Gasteiger partial charge on any atom is 0.251 e. The number of nitrogens with one attached hydrogen (secondary N) is 3. The minimum Gasteiger partial charge on any atom is -0.361 e. The quantitative estimate of drug-likeness (QED) is 0.787. The molecule has 1 atom stereocenters. The van der Waals surface area contributed by atoms with Crippen molar-refractivity contribution in [3.05, 3.63) is 36.0 Å². The third-order valence-electron chi connectivity index (χ3n) is 3.24. The zero-order valence-corrected chi connectivity index (χ0v) is 12.6. The topological polar surface area (TPSA) is 74.0 Å². The molecule has 1 unspecified atom stereocenters. The fourth-order valence-corrected chi connectivity index (χ4v) is 2.00. The van der Waals surface area contributed by atoms with E-state index in [9.17, 15) is 9.59 Å². The average molecular weight is 287 g/mol. The fraction of sp³-hybridized carbons (Fsp3) is 0.375. The Bertz CT molecular complexity index is 646. The van der Waals surface area contributed by atoms with Gasteiger partial charge in [-0.15, -0.1) is 0 Å². The van der Waals surface area contributed by atoms with Gasteiger partial charge >= 0.3 is 0 Å². The van der Waals surface area contributed by atoms with Crippen LogP contribution in [-0.2, 0) is 4.79 Å². The summed E-state index contributed by atoms with van der Waals surface area (Å²) in [7, 11) is 0. The van der Waals surface area contributed by atoms with E-state index in [-0.39, 0.29) is 11.8 Å². The van der Waals surface area contributed by atoms with Crippen LogP contribution >= 0.6 is 0 Å². The second-order valence-electron chi connectivity index (χ2n) is 5.61. The molecule has 5 heteroatoms. The minimum atomic E-state index is -0.557. The second-order valence-corrected chi connectivity index (χ2v) is 5.61. The summed E-state index contributed by atoms with van der Waals surface area (Å²) in [6.45, 7) is 6.34. The van der Waals surface area contributed by atoms with Gasteiger partial charge < -0.3 is 15.6 Å². The molecule has 0 saturated carbocycles. The normalized spacial score (nSPS) is 12.4. The molecule has 1 aromatic carbocycles. The van der Waals surface area contributed by atoms with Crippen molar-refractivity contribution in [2.45, 2.75) is 26.8 Å². The highest BCUT2D eigenvalue weighted by atomic mass is 16.2. The lowest BCUT2D eigenvalue weighted by atomic mass is 10.1. The number of benzene rings is 1. The van der Waals surface area contributed by atoms with Crippen LogP contribution in [0, 0.1) is 5.92 Å². The van der Waals surface area contributed by atoms with Crippen LogP contribution in [0.15, 0.2) is 30.5 Å². The SMILES string of the molecule is CC(C)CNC(=O)C(C)NC(=O)c1ccc2[nH]ccc2c1.